The van der Waals surface area contributed by atoms with Gasteiger partial charge >= 0.3 is 18.1 Å². The molecule has 0 radical (unpaired) electrons. The van der Waals surface area contributed by atoms with Crippen molar-refractivity contribution in [2.45, 2.75) is 42.6 Å². The molecule has 7 N–H and O–H groups in total. The Morgan fingerprint density at radius 3 is 2.03 bits per heavy atom. The second-order valence-electron chi connectivity index (χ2n) is 7.38. The molecule has 1 aromatic carbocycles. The number of nitrogens with zero attached hydrogens (tertiary/aromatic N) is 3. The lowest BCUT2D eigenvalue weighted by molar-refractivity contribution is -0.165. The Balaban J connectivity index is 0.000000518. The van der Waals surface area contributed by atoms with Gasteiger partial charge < -0.3 is 31.3 Å². The zero-order valence-corrected chi connectivity index (χ0v) is 17.7. The molecule has 0 saturated carbocycles. The zero-order valence-electron chi connectivity index (χ0n) is 17.7. The highest BCUT2D eigenvalue weighted by Gasteiger charge is 2.50. The van der Waals surface area contributed by atoms with Crippen molar-refractivity contribution in [1.82, 2.24) is 5.01 Å². The van der Waals surface area contributed by atoms with Crippen molar-refractivity contribution in [3.8, 4) is 6.07 Å². The van der Waals surface area contributed by atoms with Crippen LogP contribution < -0.4 is 5.73 Å². The summed E-state index contributed by atoms with van der Waals surface area (Å²) in [6.07, 6.45) is -8.73. The van der Waals surface area contributed by atoms with E-state index in [1.54, 1.807) is 0 Å². The molecule has 5 atom stereocenters. The highest BCUT2D eigenvalue weighted by atomic mass is 19.4. The van der Waals surface area contributed by atoms with E-state index < -0.39 is 71.2 Å². The lowest BCUT2D eigenvalue weighted by Crippen LogP contribution is -2.52. The molecule has 1 amide bonds. The zero-order chi connectivity index (χ0) is 27.4. The number of aliphatic hydroxyl groups is 3. The molecular weight excluding hydrogens is 488 g/mol. The minimum atomic E-state index is -4.80. The second kappa shape index (κ2) is 10.6. The SMILES string of the molecule is CC(O)(C(N)=O)C(c1ccccc1C(F)(F)F)N1CC(F)(C#N)C=N1.O=C(O)C(O)C(O)C(=O)O. The van der Waals surface area contributed by atoms with Gasteiger partial charge in [0.25, 0.3) is 11.6 Å². The Morgan fingerprint density at radius 2 is 1.66 bits per heavy atom. The van der Waals surface area contributed by atoms with Gasteiger partial charge in [0.2, 0.25) is 0 Å². The van der Waals surface area contributed by atoms with Gasteiger partial charge in [0, 0.05) is 0 Å². The van der Waals surface area contributed by atoms with E-state index in [0.717, 1.165) is 30.1 Å². The average molecular weight is 508 g/mol. The standard InChI is InChI=1S/C15H14F4N4O2.C4H6O6/c1-13(25,12(21)24)11(23-8-14(16,6-20)7-22-23)9-4-2-3-5-10(9)15(17,18)19;5-1(3(7)8)2(6)4(9)10/h2-5,7,11,25H,8H2,1H3,(H2,21,24);1-2,5-6H,(H,7,8)(H,9,10). The maximum absolute atomic E-state index is 14.1. The number of hydrogen-bond donors (Lipinski definition) is 6. The molecule has 1 aliphatic rings. The number of halogens is 4. The van der Waals surface area contributed by atoms with Crippen LogP contribution in [0.1, 0.15) is 24.1 Å². The van der Waals surface area contributed by atoms with Crippen molar-refractivity contribution in [1.29, 1.82) is 5.26 Å². The summed E-state index contributed by atoms with van der Waals surface area (Å²) in [5.74, 6) is -4.86. The molecule has 0 bridgehead atoms. The third-order valence-electron chi connectivity index (χ3n) is 4.68. The summed E-state index contributed by atoms with van der Waals surface area (Å²) in [5, 5.41) is 56.1. The molecule has 0 aromatic heterocycles. The molecular formula is C19H20F4N4O8. The van der Waals surface area contributed by atoms with Crippen LogP contribution >= 0.6 is 0 Å². The number of carboxylic acids is 2. The van der Waals surface area contributed by atoms with Crippen molar-refractivity contribution in [2.75, 3.05) is 6.54 Å². The number of carbonyl (C=O) groups is 3. The van der Waals surface area contributed by atoms with E-state index in [1.807, 2.05) is 0 Å². The summed E-state index contributed by atoms with van der Waals surface area (Å²) in [6, 6.07) is 3.76. The lowest BCUT2D eigenvalue weighted by atomic mass is 9.86. The van der Waals surface area contributed by atoms with Gasteiger partial charge in [0.05, 0.1) is 18.3 Å². The van der Waals surface area contributed by atoms with Crippen LogP contribution in [0.3, 0.4) is 0 Å². The normalized spacial score (nSPS) is 21.5. The third-order valence-corrected chi connectivity index (χ3v) is 4.68. The molecule has 1 aromatic rings. The molecule has 1 heterocycles. The molecule has 0 spiro atoms. The first-order chi connectivity index (χ1) is 15.9. The summed E-state index contributed by atoms with van der Waals surface area (Å²) >= 11 is 0. The van der Waals surface area contributed by atoms with E-state index in [2.05, 4.69) is 5.10 Å². The molecule has 1 aliphatic heterocycles. The number of alkyl halides is 4. The van der Waals surface area contributed by atoms with Crippen molar-refractivity contribution >= 4 is 24.1 Å². The van der Waals surface area contributed by atoms with Crippen LogP contribution in [0, 0.1) is 11.3 Å². The number of primary amides is 1. The number of hydrogen-bond acceptors (Lipinski definition) is 9. The third kappa shape index (κ3) is 6.85. The number of carboxylic acid groups (broad SMARTS) is 2. The van der Waals surface area contributed by atoms with E-state index >= 15 is 0 Å². The summed E-state index contributed by atoms with van der Waals surface area (Å²) in [6.45, 7) is 0.150. The van der Waals surface area contributed by atoms with E-state index in [4.69, 9.17) is 31.4 Å². The maximum atomic E-state index is 14.1. The molecule has 5 unspecified atom stereocenters. The molecule has 2 rings (SSSR count). The Kier molecular flexibility index (Phi) is 8.88. The van der Waals surface area contributed by atoms with E-state index in [1.165, 1.54) is 12.1 Å². The quantitative estimate of drug-likeness (QED) is 0.257. The first-order valence-electron chi connectivity index (χ1n) is 9.31. The number of aliphatic hydroxyl groups excluding tert-OH is 2. The van der Waals surface area contributed by atoms with E-state index in [9.17, 15) is 37.1 Å². The van der Waals surface area contributed by atoms with Gasteiger partial charge in [-0.05, 0) is 18.6 Å². The molecule has 0 saturated heterocycles. The van der Waals surface area contributed by atoms with Crippen LogP contribution in [0.15, 0.2) is 29.4 Å². The van der Waals surface area contributed by atoms with E-state index in [-0.39, 0.29) is 0 Å². The Labute approximate surface area is 194 Å². The summed E-state index contributed by atoms with van der Waals surface area (Å²) < 4.78 is 54.1. The molecule has 35 heavy (non-hydrogen) atoms. The summed E-state index contributed by atoms with van der Waals surface area (Å²) in [4.78, 5) is 31.2. The minimum Gasteiger partial charge on any atom is -0.479 e. The van der Waals surface area contributed by atoms with E-state index in [0.29, 0.717) is 6.21 Å². The predicted octanol–water partition coefficient (Wildman–Crippen LogP) is -0.607. The summed E-state index contributed by atoms with van der Waals surface area (Å²) in [7, 11) is 0. The topological polar surface area (TPSA) is 218 Å². The van der Waals surface area contributed by atoms with Crippen molar-refractivity contribution in [2.24, 2.45) is 10.8 Å². The highest BCUT2D eigenvalue weighted by Crippen LogP contribution is 2.42. The number of benzene rings is 1. The van der Waals surface area contributed by atoms with Crippen LogP contribution in [0.25, 0.3) is 0 Å². The van der Waals surface area contributed by atoms with Crippen LogP contribution in [-0.4, -0.2) is 84.6 Å². The Hall–Kier alpha value is -3.81. The number of amides is 1. The predicted molar refractivity (Wildman–Crippen MR) is 106 cm³/mol. The first-order valence-corrected chi connectivity index (χ1v) is 9.31. The fourth-order valence-corrected chi connectivity index (χ4v) is 2.86. The van der Waals surface area contributed by atoms with Crippen molar-refractivity contribution in [3.63, 3.8) is 0 Å². The Morgan fingerprint density at radius 1 is 1.17 bits per heavy atom. The largest absolute Gasteiger partial charge is 0.479 e. The minimum absolute atomic E-state index is 0.516. The summed E-state index contributed by atoms with van der Waals surface area (Å²) in [5.41, 5.74) is -1.59. The van der Waals surface area contributed by atoms with Crippen molar-refractivity contribution < 1.29 is 57.5 Å². The van der Waals surface area contributed by atoms with Crippen LogP contribution in [0.2, 0.25) is 0 Å². The van der Waals surface area contributed by atoms with Gasteiger partial charge in [0.15, 0.2) is 17.8 Å². The number of nitriles is 1. The molecule has 12 nitrogen and oxygen atoms in total. The van der Waals surface area contributed by atoms with Crippen LogP contribution in [0.4, 0.5) is 17.6 Å². The second-order valence-corrected chi connectivity index (χ2v) is 7.38. The fourth-order valence-electron chi connectivity index (χ4n) is 2.86. The molecule has 192 valence electrons. The van der Waals surface area contributed by atoms with Gasteiger partial charge in [-0.2, -0.15) is 23.5 Å². The number of hydrazone groups is 1. The van der Waals surface area contributed by atoms with Gasteiger partial charge in [-0.1, -0.05) is 18.2 Å². The maximum Gasteiger partial charge on any atom is 0.416 e. The van der Waals surface area contributed by atoms with Gasteiger partial charge in [-0.3, -0.25) is 9.80 Å². The lowest BCUT2D eigenvalue weighted by Gasteiger charge is -2.37. The van der Waals surface area contributed by atoms with Crippen LogP contribution in [-0.2, 0) is 20.6 Å². The fraction of sp³-hybridized carbons (Fsp3) is 0.421. The average Bonchev–Trinajstić information content (AvgIpc) is 3.14. The number of carbonyl (C=O) groups excluding carboxylic acids is 1. The number of rotatable bonds is 7. The molecule has 0 aliphatic carbocycles. The number of aliphatic carboxylic acids is 2. The monoisotopic (exact) mass is 508 g/mol. The van der Waals surface area contributed by atoms with Crippen LogP contribution in [0.5, 0.6) is 0 Å². The number of nitrogens with two attached hydrogens (primary N) is 1. The highest BCUT2D eigenvalue weighted by molar-refractivity contribution is 5.84. The van der Waals surface area contributed by atoms with Gasteiger partial charge in [0.1, 0.15) is 12.1 Å². The van der Waals surface area contributed by atoms with Gasteiger partial charge in [-0.15, -0.1) is 0 Å². The van der Waals surface area contributed by atoms with Crippen molar-refractivity contribution in [3.05, 3.63) is 35.4 Å². The Bertz CT molecular complexity index is 1020. The first kappa shape index (κ1) is 29.2. The van der Waals surface area contributed by atoms with Gasteiger partial charge in [-0.25, -0.2) is 14.0 Å². The smallest absolute Gasteiger partial charge is 0.416 e. The molecule has 16 heteroatoms. The molecule has 0 fully saturated rings.